The quantitative estimate of drug-likeness (QED) is 0.468. The average Bonchev–Trinajstić information content (AvgIpc) is 2.57. The summed E-state index contributed by atoms with van der Waals surface area (Å²) in [4.78, 5) is 12.8. The van der Waals surface area contributed by atoms with Crippen LogP contribution in [0.4, 0.5) is 5.69 Å². The number of methoxy groups -OCH3 is 1. The molecule has 1 N–H and O–H groups in total. The topological polar surface area (TPSA) is 38.3 Å². The van der Waals surface area contributed by atoms with Gasteiger partial charge in [0.25, 0.3) is 5.91 Å². The van der Waals surface area contributed by atoms with Gasteiger partial charge in [0.05, 0.1) is 17.1 Å². The Kier molecular flexibility index (Phi) is 5.10. The van der Waals surface area contributed by atoms with Crippen molar-refractivity contribution in [3.05, 3.63) is 67.7 Å². The van der Waals surface area contributed by atoms with E-state index in [4.69, 9.17) is 4.74 Å². The Balaban J connectivity index is 2.06. The van der Waals surface area contributed by atoms with Gasteiger partial charge in [0.2, 0.25) is 0 Å². The van der Waals surface area contributed by atoms with Crippen LogP contribution in [0.15, 0.2) is 53.0 Å². The predicted octanol–water partition coefficient (Wildman–Crippen LogP) is 5.78. The lowest BCUT2D eigenvalue weighted by molar-refractivity contribution is 0.102. The molecule has 5 heteroatoms. The van der Waals surface area contributed by atoms with Gasteiger partial charge in [-0.1, -0.05) is 24.3 Å². The minimum atomic E-state index is -0.192. The summed E-state index contributed by atoms with van der Waals surface area (Å²) in [6, 6.07) is 15.7. The fraction of sp³-hybridized carbons (Fsp3) is 0.105. The molecule has 0 aliphatic heterocycles. The van der Waals surface area contributed by atoms with Crippen LogP contribution in [0.1, 0.15) is 15.9 Å². The van der Waals surface area contributed by atoms with Gasteiger partial charge in [0.15, 0.2) is 0 Å². The van der Waals surface area contributed by atoms with Gasteiger partial charge in [0, 0.05) is 9.26 Å². The summed E-state index contributed by atoms with van der Waals surface area (Å²) in [5, 5.41) is 4.97. The van der Waals surface area contributed by atoms with Crippen molar-refractivity contribution in [2.45, 2.75) is 6.92 Å². The summed E-state index contributed by atoms with van der Waals surface area (Å²) < 4.78 is 7.40. The molecule has 0 saturated heterocycles. The smallest absolute Gasteiger partial charge is 0.259 e. The summed E-state index contributed by atoms with van der Waals surface area (Å²) in [7, 11) is 1.57. The summed E-state index contributed by atoms with van der Waals surface area (Å²) in [6.45, 7) is 1.98. The number of nitrogens with one attached hydrogen (secondary N) is 1. The number of rotatable bonds is 3. The van der Waals surface area contributed by atoms with E-state index in [0.29, 0.717) is 11.3 Å². The minimum absolute atomic E-state index is 0.192. The number of benzene rings is 3. The first-order valence-corrected chi connectivity index (χ1v) is 9.21. The highest BCUT2D eigenvalue weighted by Crippen LogP contribution is 2.37. The molecule has 3 aromatic rings. The lowest BCUT2D eigenvalue weighted by Crippen LogP contribution is -2.14. The molecule has 0 unspecified atom stereocenters. The maximum atomic E-state index is 12.8. The first kappa shape index (κ1) is 17.2. The number of halogens is 2. The molecular formula is C19H15BrINO2. The molecule has 0 aliphatic rings. The number of ether oxygens (including phenoxy) is 1. The number of amides is 1. The molecule has 24 heavy (non-hydrogen) atoms. The summed E-state index contributed by atoms with van der Waals surface area (Å²) in [5.74, 6) is 0.344. The van der Waals surface area contributed by atoms with Gasteiger partial charge in [-0.25, -0.2) is 0 Å². The predicted molar refractivity (Wildman–Crippen MR) is 110 cm³/mol. The van der Waals surface area contributed by atoms with Crippen molar-refractivity contribution in [3.63, 3.8) is 0 Å². The van der Waals surface area contributed by atoms with Crippen molar-refractivity contribution in [1.82, 2.24) is 0 Å². The van der Waals surface area contributed by atoms with E-state index in [1.54, 1.807) is 7.11 Å². The number of anilines is 1. The Hall–Kier alpha value is -1.60. The maximum Gasteiger partial charge on any atom is 0.259 e. The van der Waals surface area contributed by atoms with Crippen LogP contribution in [0.3, 0.4) is 0 Å². The van der Waals surface area contributed by atoms with Gasteiger partial charge in [-0.05, 0) is 86.0 Å². The van der Waals surface area contributed by atoms with Crippen LogP contribution < -0.4 is 10.1 Å². The Bertz CT molecular complexity index is 940. The van der Waals surface area contributed by atoms with Crippen molar-refractivity contribution in [1.29, 1.82) is 0 Å². The maximum absolute atomic E-state index is 12.8. The molecule has 122 valence electrons. The molecule has 0 spiro atoms. The third-order valence-corrected chi connectivity index (χ3v) is 5.28. The second kappa shape index (κ2) is 7.11. The standard InChI is InChI=1S/C19H15BrINO2/c1-11-9-13(21)7-8-16(11)22-19(23)15-10-12-5-3-4-6-14(12)17(20)18(15)24-2/h3-10H,1-2H3,(H,22,23). The highest BCUT2D eigenvalue weighted by molar-refractivity contribution is 14.1. The van der Waals surface area contributed by atoms with Gasteiger partial charge < -0.3 is 10.1 Å². The van der Waals surface area contributed by atoms with E-state index in [2.05, 4.69) is 43.8 Å². The average molecular weight is 496 g/mol. The number of carbonyl (C=O) groups is 1. The molecule has 0 saturated carbocycles. The third kappa shape index (κ3) is 3.28. The van der Waals surface area contributed by atoms with Crippen molar-refractivity contribution >= 4 is 60.9 Å². The zero-order valence-corrected chi connectivity index (χ0v) is 16.9. The van der Waals surface area contributed by atoms with Crippen molar-refractivity contribution < 1.29 is 9.53 Å². The molecule has 0 atom stereocenters. The fourth-order valence-corrected chi connectivity index (χ4v) is 3.99. The largest absolute Gasteiger partial charge is 0.495 e. The number of aryl methyl sites for hydroxylation is 1. The summed E-state index contributed by atoms with van der Waals surface area (Å²) in [5.41, 5.74) is 2.32. The highest BCUT2D eigenvalue weighted by atomic mass is 127. The lowest BCUT2D eigenvalue weighted by Gasteiger charge is -2.14. The van der Waals surface area contributed by atoms with E-state index in [0.717, 1.165) is 30.1 Å². The van der Waals surface area contributed by atoms with Crippen molar-refractivity contribution in [2.24, 2.45) is 0 Å². The van der Waals surface area contributed by atoms with E-state index in [1.807, 2.05) is 55.5 Å². The first-order chi connectivity index (χ1) is 11.5. The molecular weight excluding hydrogens is 481 g/mol. The lowest BCUT2D eigenvalue weighted by atomic mass is 10.0. The van der Waals surface area contributed by atoms with Gasteiger partial charge >= 0.3 is 0 Å². The SMILES string of the molecule is COc1c(C(=O)Nc2ccc(I)cc2C)cc2ccccc2c1Br. The summed E-state index contributed by atoms with van der Waals surface area (Å²) in [6.07, 6.45) is 0. The Labute approximate surface area is 162 Å². The van der Waals surface area contributed by atoms with E-state index in [1.165, 1.54) is 0 Å². The highest BCUT2D eigenvalue weighted by Gasteiger charge is 2.18. The van der Waals surface area contributed by atoms with Gasteiger partial charge in [-0.3, -0.25) is 4.79 Å². The van der Waals surface area contributed by atoms with Crippen LogP contribution in [0.5, 0.6) is 5.75 Å². The molecule has 0 aromatic heterocycles. The molecule has 3 nitrogen and oxygen atoms in total. The van der Waals surface area contributed by atoms with Crippen LogP contribution in [-0.4, -0.2) is 13.0 Å². The molecule has 0 aliphatic carbocycles. The number of hydrogen-bond acceptors (Lipinski definition) is 2. The van der Waals surface area contributed by atoms with Crippen LogP contribution >= 0.6 is 38.5 Å². The Morgan fingerprint density at radius 1 is 1.17 bits per heavy atom. The van der Waals surface area contributed by atoms with Crippen LogP contribution in [0.2, 0.25) is 0 Å². The number of hydrogen-bond donors (Lipinski definition) is 1. The van der Waals surface area contributed by atoms with E-state index >= 15 is 0 Å². The van der Waals surface area contributed by atoms with E-state index in [-0.39, 0.29) is 5.91 Å². The summed E-state index contributed by atoms with van der Waals surface area (Å²) >= 11 is 5.82. The number of carbonyl (C=O) groups excluding carboxylic acids is 1. The van der Waals surface area contributed by atoms with Crippen LogP contribution in [0.25, 0.3) is 10.8 Å². The van der Waals surface area contributed by atoms with E-state index in [9.17, 15) is 4.79 Å². The molecule has 1 amide bonds. The molecule has 0 radical (unpaired) electrons. The van der Waals surface area contributed by atoms with Crippen molar-refractivity contribution in [3.8, 4) is 5.75 Å². The molecule has 3 aromatic carbocycles. The molecule has 0 fully saturated rings. The van der Waals surface area contributed by atoms with E-state index < -0.39 is 0 Å². The third-order valence-electron chi connectivity index (χ3n) is 3.83. The zero-order valence-electron chi connectivity index (χ0n) is 13.2. The fourth-order valence-electron chi connectivity index (χ4n) is 2.61. The van der Waals surface area contributed by atoms with Gasteiger partial charge in [-0.15, -0.1) is 0 Å². The van der Waals surface area contributed by atoms with Gasteiger partial charge in [-0.2, -0.15) is 0 Å². The van der Waals surface area contributed by atoms with Crippen LogP contribution in [-0.2, 0) is 0 Å². The minimum Gasteiger partial charge on any atom is -0.495 e. The second-order valence-corrected chi connectivity index (χ2v) is 7.44. The monoisotopic (exact) mass is 495 g/mol. The number of fused-ring (bicyclic) bond motifs is 1. The molecule has 0 bridgehead atoms. The molecule has 0 heterocycles. The van der Waals surface area contributed by atoms with Crippen LogP contribution in [0, 0.1) is 10.5 Å². The van der Waals surface area contributed by atoms with Gasteiger partial charge in [0.1, 0.15) is 5.75 Å². The normalized spacial score (nSPS) is 10.7. The Morgan fingerprint density at radius 2 is 1.92 bits per heavy atom. The zero-order chi connectivity index (χ0) is 17.3. The van der Waals surface area contributed by atoms with Crippen molar-refractivity contribution in [2.75, 3.05) is 12.4 Å². The second-order valence-electron chi connectivity index (χ2n) is 5.41. The first-order valence-electron chi connectivity index (χ1n) is 7.34. The Morgan fingerprint density at radius 3 is 2.62 bits per heavy atom. The molecule has 3 rings (SSSR count).